The molecular weight excluding hydrogens is 264 g/mol. The highest BCUT2D eigenvalue weighted by atomic mass is 16.5. The van der Waals surface area contributed by atoms with E-state index in [4.69, 9.17) is 4.74 Å². The van der Waals surface area contributed by atoms with Crippen molar-refractivity contribution in [2.75, 3.05) is 26.7 Å². The highest BCUT2D eigenvalue weighted by Gasteiger charge is 2.43. The fourth-order valence-electron chi connectivity index (χ4n) is 3.11. The summed E-state index contributed by atoms with van der Waals surface area (Å²) >= 11 is 0. The van der Waals surface area contributed by atoms with Crippen molar-refractivity contribution in [3.8, 4) is 0 Å². The summed E-state index contributed by atoms with van der Waals surface area (Å²) in [6.07, 6.45) is 2.38. The summed E-state index contributed by atoms with van der Waals surface area (Å²) in [4.78, 5) is 15.1. The van der Waals surface area contributed by atoms with Crippen LogP contribution in [0.25, 0.3) is 0 Å². The third-order valence-electron chi connectivity index (χ3n) is 4.45. The van der Waals surface area contributed by atoms with Gasteiger partial charge in [0, 0.05) is 12.6 Å². The SMILES string of the molecule is CCOC(=O)C(CN1CCCC1C)(NC)c1ccccc1. The Bertz CT molecular complexity index is 463. The summed E-state index contributed by atoms with van der Waals surface area (Å²) < 4.78 is 5.37. The summed E-state index contributed by atoms with van der Waals surface area (Å²) in [7, 11) is 1.84. The lowest BCUT2D eigenvalue weighted by Gasteiger charge is -2.36. The Morgan fingerprint density at radius 1 is 1.43 bits per heavy atom. The Morgan fingerprint density at radius 3 is 2.67 bits per heavy atom. The average molecular weight is 290 g/mol. The van der Waals surface area contributed by atoms with Crippen molar-refractivity contribution in [3.63, 3.8) is 0 Å². The summed E-state index contributed by atoms with van der Waals surface area (Å²) in [6.45, 7) is 6.15. The molecule has 2 atom stereocenters. The fraction of sp³-hybridized carbons (Fsp3) is 0.588. The Kier molecular flexibility index (Phi) is 5.37. The molecule has 21 heavy (non-hydrogen) atoms. The molecule has 0 spiro atoms. The van der Waals surface area contributed by atoms with Crippen molar-refractivity contribution in [2.45, 2.75) is 38.3 Å². The molecule has 116 valence electrons. The average Bonchev–Trinajstić information content (AvgIpc) is 2.91. The van der Waals surface area contributed by atoms with Gasteiger partial charge in [-0.3, -0.25) is 4.90 Å². The molecule has 1 aliphatic rings. The van der Waals surface area contributed by atoms with Crippen LogP contribution in [0.3, 0.4) is 0 Å². The van der Waals surface area contributed by atoms with Gasteiger partial charge >= 0.3 is 5.97 Å². The van der Waals surface area contributed by atoms with Crippen molar-refractivity contribution in [3.05, 3.63) is 35.9 Å². The van der Waals surface area contributed by atoms with E-state index in [2.05, 4.69) is 17.1 Å². The van der Waals surface area contributed by atoms with E-state index in [0.717, 1.165) is 12.1 Å². The molecule has 0 radical (unpaired) electrons. The van der Waals surface area contributed by atoms with E-state index in [1.165, 1.54) is 12.8 Å². The number of nitrogens with zero attached hydrogens (tertiary/aromatic N) is 1. The molecule has 2 rings (SSSR count). The number of rotatable bonds is 6. The zero-order valence-corrected chi connectivity index (χ0v) is 13.3. The van der Waals surface area contributed by atoms with Crippen molar-refractivity contribution >= 4 is 5.97 Å². The van der Waals surface area contributed by atoms with Gasteiger partial charge in [0.25, 0.3) is 0 Å². The summed E-state index contributed by atoms with van der Waals surface area (Å²) in [6, 6.07) is 10.4. The van der Waals surface area contributed by atoms with Crippen molar-refractivity contribution in [2.24, 2.45) is 0 Å². The maximum atomic E-state index is 12.7. The fourth-order valence-corrected chi connectivity index (χ4v) is 3.11. The van der Waals surface area contributed by atoms with Gasteiger partial charge in [0.05, 0.1) is 6.61 Å². The van der Waals surface area contributed by atoms with Gasteiger partial charge in [-0.2, -0.15) is 0 Å². The molecule has 0 aliphatic carbocycles. The van der Waals surface area contributed by atoms with Gasteiger partial charge in [0.2, 0.25) is 0 Å². The van der Waals surface area contributed by atoms with Gasteiger partial charge in [0.15, 0.2) is 5.54 Å². The number of nitrogens with one attached hydrogen (secondary N) is 1. The van der Waals surface area contributed by atoms with Gasteiger partial charge in [-0.15, -0.1) is 0 Å². The molecule has 1 aliphatic heterocycles. The second-order valence-corrected chi connectivity index (χ2v) is 5.70. The molecule has 1 aromatic carbocycles. The minimum absolute atomic E-state index is 0.196. The standard InChI is InChI=1S/C17H26N2O2/c1-4-21-16(20)17(18-3,15-10-6-5-7-11-15)13-19-12-8-9-14(19)2/h5-7,10-11,14,18H,4,8-9,12-13H2,1-3H3. The van der Waals surface area contributed by atoms with E-state index in [9.17, 15) is 4.79 Å². The molecule has 2 unspecified atom stereocenters. The van der Waals surface area contributed by atoms with Crippen LogP contribution in [0, 0.1) is 0 Å². The monoisotopic (exact) mass is 290 g/mol. The van der Waals surface area contributed by atoms with Crippen LogP contribution < -0.4 is 5.32 Å². The Hall–Kier alpha value is -1.39. The Balaban J connectivity index is 2.34. The quantitative estimate of drug-likeness (QED) is 0.815. The van der Waals surface area contributed by atoms with Crippen LogP contribution in [0.4, 0.5) is 0 Å². The molecule has 0 aromatic heterocycles. The summed E-state index contributed by atoms with van der Waals surface area (Å²) in [5, 5.41) is 3.25. The van der Waals surface area contributed by atoms with Gasteiger partial charge in [-0.05, 0) is 45.8 Å². The van der Waals surface area contributed by atoms with Crippen LogP contribution in [0.2, 0.25) is 0 Å². The number of likely N-dealkylation sites (N-methyl/N-ethyl adjacent to an activating group) is 1. The maximum absolute atomic E-state index is 12.7. The smallest absolute Gasteiger partial charge is 0.332 e. The molecule has 1 fully saturated rings. The number of esters is 1. The molecule has 0 bridgehead atoms. The van der Waals surface area contributed by atoms with E-state index in [0.29, 0.717) is 19.2 Å². The van der Waals surface area contributed by atoms with Crippen LogP contribution in [0.5, 0.6) is 0 Å². The first kappa shape index (κ1) is 16.0. The lowest BCUT2D eigenvalue weighted by Crippen LogP contribution is -2.56. The molecule has 0 saturated carbocycles. The van der Waals surface area contributed by atoms with E-state index in [1.807, 2.05) is 44.3 Å². The Labute approximate surface area is 127 Å². The summed E-state index contributed by atoms with van der Waals surface area (Å²) in [5.74, 6) is -0.196. The van der Waals surface area contributed by atoms with Crippen LogP contribution in [-0.4, -0.2) is 43.7 Å². The largest absolute Gasteiger partial charge is 0.464 e. The third kappa shape index (κ3) is 3.27. The number of ether oxygens (including phenoxy) is 1. The maximum Gasteiger partial charge on any atom is 0.332 e. The van der Waals surface area contributed by atoms with Crippen molar-refractivity contribution in [1.82, 2.24) is 10.2 Å². The van der Waals surface area contributed by atoms with Gasteiger partial charge < -0.3 is 10.1 Å². The number of carbonyl (C=O) groups is 1. The number of hydrogen-bond donors (Lipinski definition) is 1. The van der Waals surface area contributed by atoms with E-state index < -0.39 is 5.54 Å². The highest BCUT2D eigenvalue weighted by molar-refractivity contribution is 5.83. The first-order valence-electron chi connectivity index (χ1n) is 7.79. The van der Waals surface area contributed by atoms with E-state index >= 15 is 0 Å². The first-order chi connectivity index (χ1) is 10.1. The summed E-state index contributed by atoms with van der Waals surface area (Å²) in [5.41, 5.74) is 0.167. The zero-order chi connectivity index (χ0) is 15.3. The first-order valence-corrected chi connectivity index (χ1v) is 7.79. The van der Waals surface area contributed by atoms with Crippen molar-refractivity contribution in [1.29, 1.82) is 0 Å². The van der Waals surface area contributed by atoms with Crippen LogP contribution >= 0.6 is 0 Å². The minimum atomic E-state index is -0.796. The lowest BCUT2D eigenvalue weighted by atomic mass is 9.89. The molecule has 4 heteroatoms. The molecule has 0 amide bonds. The molecule has 1 saturated heterocycles. The predicted octanol–water partition coefficient (Wildman–Crippen LogP) is 2.15. The van der Waals surface area contributed by atoms with E-state index in [1.54, 1.807) is 0 Å². The number of hydrogen-bond acceptors (Lipinski definition) is 4. The second-order valence-electron chi connectivity index (χ2n) is 5.70. The molecule has 1 heterocycles. The normalized spacial score (nSPS) is 22.0. The second kappa shape index (κ2) is 7.05. The van der Waals surface area contributed by atoms with Crippen LogP contribution in [0.15, 0.2) is 30.3 Å². The highest BCUT2D eigenvalue weighted by Crippen LogP contribution is 2.28. The molecular formula is C17H26N2O2. The minimum Gasteiger partial charge on any atom is -0.464 e. The number of carbonyl (C=O) groups excluding carboxylic acids is 1. The predicted molar refractivity (Wildman–Crippen MR) is 84.1 cm³/mol. The van der Waals surface area contributed by atoms with E-state index in [-0.39, 0.29) is 5.97 Å². The molecule has 1 N–H and O–H groups in total. The van der Waals surface area contributed by atoms with Crippen molar-refractivity contribution < 1.29 is 9.53 Å². The topological polar surface area (TPSA) is 41.6 Å². The number of benzene rings is 1. The zero-order valence-electron chi connectivity index (χ0n) is 13.3. The van der Waals surface area contributed by atoms with Gasteiger partial charge in [-0.25, -0.2) is 4.79 Å². The Morgan fingerprint density at radius 2 is 2.14 bits per heavy atom. The number of likely N-dealkylation sites (tertiary alicyclic amines) is 1. The molecule has 4 nitrogen and oxygen atoms in total. The third-order valence-corrected chi connectivity index (χ3v) is 4.45. The van der Waals surface area contributed by atoms with Gasteiger partial charge in [0.1, 0.15) is 0 Å². The van der Waals surface area contributed by atoms with Gasteiger partial charge in [-0.1, -0.05) is 30.3 Å². The van der Waals surface area contributed by atoms with Crippen LogP contribution in [0.1, 0.15) is 32.3 Å². The molecule has 1 aromatic rings. The van der Waals surface area contributed by atoms with Crippen LogP contribution in [-0.2, 0) is 15.1 Å². The lowest BCUT2D eigenvalue weighted by molar-refractivity contribution is -0.152.